The monoisotopic (exact) mass is 440 g/mol. The Morgan fingerprint density at radius 2 is 1.97 bits per heavy atom. The second kappa shape index (κ2) is 9.75. The van der Waals surface area contributed by atoms with Crippen molar-refractivity contribution >= 4 is 33.1 Å². The zero-order valence-electron chi connectivity index (χ0n) is 18.1. The third kappa shape index (κ3) is 5.40. The Hall–Kier alpha value is -2.51. The number of nitrogens with zero attached hydrogens (tertiary/aromatic N) is 3. The predicted octanol–water partition coefficient (Wildman–Crippen LogP) is 4.39. The molecule has 4 rings (SSSR count). The summed E-state index contributed by atoms with van der Waals surface area (Å²) in [6, 6.07) is 10.7. The van der Waals surface area contributed by atoms with Crippen LogP contribution in [0.15, 0.2) is 41.8 Å². The molecule has 1 amide bonds. The zero-order chi connectivity index (χ0) is 21.8. The van der Waals surface area contributed by atoms with Crippen LogP contribution in [0.1, 0.15) is 19.3 Å². The van der Waals surface area contributed by atoms with Gasteiger partial charge >= 0.3 is 0 Å². The number of amides is 1. The zero-order valence-corrected chi connectivity index (χ0v) is 18.9. The first kappa shape index (κ1) is 21.7. The lowest BCUT2D eigenvalue weighted by molar-refractivity contribution is -0.122. The summed E-state index contributed by atoms with van der Waals surface area (Å²) in [5, 5.41) is 5.10. The van der Waals surface area contributed by atoms with Crippen molar-refractivity contribution in [3.8, 4) is 11.3 Å². The number of halogens is 1. The Bertz CT molecular complexity index is 1030. The molecule has 1 aromatic carbocycles. The average molecular weight is 441 g/mol. The van der Waals surface area contributed by atoms with Gasteiger partial charge in [0, 0.05) is 38.2 Å². The molecule has 0 bridgehead atoms. The first-order valence-corrected chi connectivity index (χ1v) is 11.7. The number of carbonyl (C=O) groups excluding carboxylic acids is 1. The third-order valence-electron chi connectivity index (χ3n) is 5.84. The smallest absolute Gasteiger partial charge is 0.220 e. The molecule has 1 fully saturated rings. The maximum Gasteiger partial charge on any atom is 0.220 e. The summed E-state index contributed by atoms with van der Waals surface area (Å²) in [4.78, 5) is 21.5. The number of piperidine rings is 1. The molecule has 1 saturated heterocycles. The summed E-state index contributed by atoms with van der Waals surface area (Å²) in [7, 11) is 4.01. The van der Waals surface area contributed by atoms with E-state index in [2.05, 4.69) is 26.6 Å². The Balaban J connectivity index is 1.43. The highest BCUT2D eigenvalue weighted by Crippen LogP contribution is 2.36. The van der Waals surface area contributed by atoms with Crippen molar-refractivity contribution in [1.29, 1.82) is 0 Å². The van der Waals surface area contributed by atoms with E-state index in [1.165, 1.54) is 22.5 Å². The lowest BCUT2D eigenvalue weighted by Gasteiger charge is -2.34. The van der Waals surface area contributed by atoms with Crippen LogP contribution in [0.5, 0.6) is 0 Å². The molecule has 0 atom stereocenters. The van der Waals surface area contributed by atoms with Crippen molar-refractivity contribution in [2.24, 2.45) is 5.92 Å². The molecule has 0 spiro atoms. The largest absolute Gasteiger partial charge is 0.370 e. The predicted molar refractivity (Wildman–Crippen MR) is 126 cm³/mol. The van der Waals surface area contributed by atoms with Gasteiger partial charge in [0.05, 0.1) is 21.6 Å². The van der Waals surface area contributed by atoms with E-state index in [9.17, 15) is 9.18 Å². The van der Waals surface area contributed by atoms with Crippen molar-refractivity contribution in [2.75, 3.05) is 45.2 Å². The Morgan fingerprint density at radius 3 is 2.68 bits per heavy atom. The van der Waals surface area contributed by atoms with Gasteiger partial charge in [-0.1, -0.05) is 0 Å². The highest BCUT2D eigenvalue weighted by Gasteiger charge is 2.24. The summed E-state index contributed by atoms with van der Waals surface area (Å²) in [5.74, 6) is 0.338. The quantitative estimate of drug-likeness (QED) is 0.592. The molecule has 31 heavy (non-hydrogen) atoms. The Kier molecular flexibility index (Phi) is 6.83. The first-order chi connectivity index (χ1) is 15.0. The molecule has 0 aliphatic carbocycles. The van der Waals surface area contributed by atoms with Crippen LogP contribution in [0.25, 0.3) is 21.5 Å². The number of anilines is 1. The Morgan fingerprint density at radius 1 is 1.23 bits per heavy atom. The van der Waals surface area contributed by atoms with Crippen LogP contribution >= 0.6 is 11.3 Å². The molecule has 0 radical (unpaired) electrons. The number of benzene rings is 1. The van der Waals surface area contributed by atoms with Gasteiger partial charge in [0.25, 0.3) is 0 Å². The summed E-state index contributed by atoms with van der Waals surface area (Å²) in [6.07, 6.45) is 2.61. The number of hydrogen-bond donors (Lipinski definition) is 1. The lowest BCUT2D eigenvalue weighted by Crippen LogP contribution is -2.37. The van der Waals surface area contributed by atoms with Crippen molar-refractivity contribution in [2.45, 2.75) is 19.3 Å². The van der Waals surface area contributed by atoms with E-state index in [0.29, 0.717) is 18.9 Å². The molecule has 7 heteroatoms. The molecule has 5 nitrogen and oxygen atoms in total. The number of rotatable bonds is 7. The van der Waals surface area contributed by atoms with Crippen molar-refractivity contribution in [1.82, 2.24) is 15.2 Å². The average Bonchev–Trinajstić information content (AvgIpc) is 3.23. The number of aromatic nitrogens is 1. The molecule has 2 aromatic heterocycles. The van der Waals surface area contributed by atoms with Gasteiger partial charge in [-0.3, -0.25) is 4.79 Å². The third-order valence-corrected chi connectivity index (χ3v) is 6.77. The van der Waals surface area contributed by atoms with Gasteiger partial charge in [0.1, 0.15) is 5.82 Å². The van der Waals surface area contributed by atoms with Gasteiger partial charge in [0.2, 0.25) is 5.91 Å². The molecular weight excluding hydrogens is 411 g/mol. The van der Waals surface area contributed by atoms with Gasteiger partial charge < -0.3 is 15.1 Å². The number of carbonyl (C=O) groups is 1. The number of hydrogen-bond acceptors (Lipinski definition) is 5. The minimum atomic E-state index is -0.242. The molecule has 3 heterocycles. The summed E-state index contributed by atoms with van der Waals surface area (Å²) in [5.41, 5.74) is 3.95. The van der Waals surface area contributed by atoms with E-state index in [1.807, 2.05) is 20.2 Å². The fourth-order valence-electron chi connectivity index (χ4n) is 4.07. The van der Waals surface area contributed by atoms with Crippen LogP contribution in [0.3, 0.4) is 0 Å². The number of thiophene rings is 1. The van der Waals surface area contributed by atoms with Gasteiger partial charge in [0.15, 0.2) is 0 Å². The molecule has 0 saturated carbocycles. The highest BCUT2D eigenvalue weighted by atomic mass is 32.1. The van der Waals surface area contributed by atoms with Crippen LogP contribution in [-0.4, -0.2) is 56.1 Å². The number of pyridine rings is 1. The standard InChI is InChI=1S/C24H29FN4OS/c1-28(2)13-10-26-23(30)15-17-7-11-29(12-8-17)22-16-21(18-3-5-19(25)6-4-18)27-20-9-14-31-24(20)22/h3-6,9,14,16-17H,7-8,10-13,15H2,1-2H3,(H,26,30). The van der Waals surface area contributed by atoms with Gasteiger partial charge in [-0.25, -0.2) is 9.37 Å². The topological polar surface area (TPSA) is 48.5 Å². The molecular formula is C24H29FN4OS. The molecule has 1 aliphatic rings. The second-order valence-corrected chi connectivity index (χ2v) is 9.37. The van der Waals surface area contributed by atoms with E-state index in [-0.39, 0.29) is 11.7 Å². The summed E-state index contributed by atoms with van der Waals surface area (Å²) >= 11 is 1.70. The van der Waals surface area contributed by atoms with Gasteiger partial charge in [-0.05, 0) is 74.6 Å². The van der Waals surface area contributed by atoms with Crippen molar-refractivity contribution < 1.29 is 9.18 Å². The number of likely N-dealkylation sites (N-methyl/N-ethyl adjacent to an activating group) is 1. The van der Waals surface area contributed by atoms with Gasteiger partial charge in [-0.15, -0.1) is 11.3 Å². The summed E-state index contributed by atoms with van der Waals surface area (Å²) in [6.45, 7) is 3.41. The van der Waals surface area contributed by atoms with E-state index < -0.39 is 0 Å². The fourth-order valence-corrected chi connectivity index (χ4v) is 4.95. The summed E-state index contributed by atoms with van der Waals surface area (Å²) < 4.78 is 14.5. The van der Waals surface area contributed by atoms with E-state index in [0.717, 1.165) is 49.2 Å². The maximum absolute atomic E-state index is 13.3. The number of fused-ring (bicyclic) bond motifs is 1. The molecule has 1 N–H and O–H groups in total. The van der Waals surface area contributed by atoms with Crippen LogP contribution in [0.4, 0.5) is 10.1 Å². The molecule has 164 valence electrons. The van der Waals surface area contributed by atoms with E-state index in [1.54, 1.807) is 23.5 Å². The number of nitrogens with one attached hydrogen (secondary N) is 1. The minimum absolute atomic E-state index is 0.156. The van der Waals surface area contributed by atoms with Gasteiger partial charge in [-0.2, -0.15) is 0 Å². The highest BCUT2D eigenvalue weighted by molar-refractivity contribution is 7.17. The van der Waals surface area contributed by atoms with E-state index >= 15 is 0 Å². The van der Waals surface area contributed by atoms with Crippen LogP contribution in [0, 0.1) is 11.7 Å². The van der Waals surface area contributed by atoms with Crippen LogP contribution in [0.2, 0.25) is 0 Å². The molecule has 3 aromatic rings. The van der Waals surface area contributed by atoms with E-state index in [4.69, 9.17) is 4.98 Å². The maximum atomic E-state index is 13.3. The first-order valence-electron chi connectivity index (χ1n) is 10.8. The van der Waals surface area contributed by atoms with Crippen molar-refractivity contribution in [3.05, 3.63) is 47.6 Å². The van der Waals surface area contributed by atoms with Crippen LogP contribution < -0.4 is 10.2 Å². The normalized spacial score (nSPS) is 15.0. The second-order valence-electron chi connectivity index (χ2n) is 8.46. The minimum Gasteiger partial charge on any atom is -0.370 e. The molecule has 0 unspecified atom stereocenters. The lowest BCUT2D eigenvalue weighted by atomic mass is 9.93. The molecule has 1 aliphatic heterocycles. The van der Waals surface area contributed by atoms with Crippen molar-refractivity contribution in [3.63, 3.8) is 0 Å². The Labute approximate surface area is 186 Å². The SMILES string of the molecule is CN(C)CCNC(=O)CC1CCN(c2cc(-c3ccc(F)cc3)nc3ccsc23)CC1. The fraction of sp³-hybridized carbons (Fsp3) is 0.417. The van der Waals surface area contributed by atoms with Crippen LogP contribution in [-0.2, 0) is 4.79 Å².